The Morgan fingerprint density at radius 2 is 1.15 bits per heavy atom. The number of para-hydroxylation sites is 1. The number of hydrogen-bond donors (Lipinski definition) is 0. The molecule has 0 N–H and O–H groups in total. The van der Waals surface area contributed by atoms with Crippen molar-refractivity contribution in [2.24, 2.45) is 0 Å². The van der Waals surface area contributed by atoms with E-state index >= 15 is 0 Å². The van der Waals surface area contributed by atoms with Crippen molar-refractivity contribution in [2.75, 3.05) is 0 Å². The summed E-state index contributed by atoms with van der Waals surface area (Å²) in [7, 11) is 0. The van der Waals surface area contributed by atoms with Crippen LogP contribution in [-0.2, 0) is 5.41 Å². The first kappa shape index (κ1) is 20.1. The van der Waals surface area contributed by atoms with Gasteiger partial charge in [-0.25, -0.2) is 0 Å². The fourth-order valence-electron chi connectivity index (χ4n) is 5.50. The third-order valence-corrected chi connectivity index (χ3v) is 6.77. The molecule has 1 aromatic heterocycles. The maximum absolute atomic E-state index is 12.0. The van der Waals surface area contributed by atoms with Crippen LogP contribution in [0.4, 0.5) is 5.69 Å². The van der Waals surface area contributed by atoms with Crippen LogP contribution in [0.1, 0.15) is 22.3 Å². The van der Waals surface area contributed by atoms with Crippen molar-refractivity contribution in [1.29, 1.82) is 0 Å². The van der Waals surface area contributed by atoms with Crippen molar-refractivity contribution in [3.63, 3.8) is 0 Å². The number of hydrogen-bond acceptors (Lipinski definition) is 3. The molecule has 4 heteroatoms. The van der Waals surface area contributed by atoms with Crippen molar-refractivity contribution >= 4 is 5.69 Å². The van der Waals surface area contributed by atoms with Crippen LogP contribution in [0.2, 0.25) is 0 Å². The van der Waals surface area contributed by atoms with E-state index in [4.69, 9.17) is 0 Å². The molecule has 5 aromatic rings. The lowest BCUT2D eigenvalue weighted by molar-refractivity contribution is -0.384. The molecule has 1 aliphatic rings. The first-order valence-corrected chi connectivity index (χ1v) is 11.2. The second kappa shape index (κ2) is 7.78. The van der Waals surface area contributed by atoms with Gasteiger partial charge in [-0.3, -0.25) is 15.1 Å². The van der Waals surface area contributed by atoms with Gasteiger partial charge in [0.25, 0.3) is 5.69 Å². The Morgan fingerprint density at radius 1 is 0.588 bits per heavy atom. The summed E-state index contributed by atoms with van der Waals surface area (Å²) >= 11 is 0. The van der Waals surface area contributed by atoms with E-state index in [-0.39, 0.29) is 10.6 Å². The molecule has 0 bridgehead atoms. The van der Waals surface area contributed by atoms with Crippen LogP contribution >= 0.6 is 0 Å². The Labute approximate surface area is 197 Å². The van der Waals surface area contributed by atoms with Crippen molar-refractivity contribution in [3.05, 3.63) is 154 Å². The summed E-state index contributed by atoms with van der Waals surface area (Å²) in [6.45, 7) is 0. The third kappa shape index (κ3) is 2.75. The Balaban J connectivity index is 1.82. The second-order valence-corrected chi connectivity index (χ2v) is 8.40. The summed E-state index contributed by atoms with van der Waals surface area (Å²) in [6, 6.07) is 36.0. The molecule has 34 heavy (non-hydrogen) atoms. The average molecular weight is 441 g/mol. The molecule has 0 saturated heterocycles. The van der Waals surface area contributed by atoms with Gasteiger partial charge in [0.2, 0.25) is 0 Å². The predicted octanol–water partition coefficient (Wildman–Crippen LogP) is 7.02. The van der Waals surface area contributed by atoms with Gasteiger partial charge >= 0.3 is 0 Å². The topological polar surface area (TPSA) is 56.0 Å². The van der Waals surface area contributed by atoms with Crippen molar-refractivity contribution < 1.29 is 4.92 Å². The number of nitro groups is 1. The minimum Gasteiger partial charge on any atom is -0.265 e. The average Bonchev–Trinajstić information content (AvgIpc) is 3.21. The van der Waals surface area contributed by atoms with Gasteiger partial charge in [-0.05, 0) is 57.1 Å². The number of aromatic nitrogens is 1. The molecule has 0 spiro atoms. The highest BCUT2D eigenvalue weighted by Crippen LogP contribution is 2.58. The molecular formula is C30H20N2O2. The van der Waals surface area contributed by atoms with E-state index in [0.717, 1.165) is 38.9 Å². The summed E-state index contributed by atoms with van der Waals surface area (Å²) in [5.74, 6) is 0. The van der Waals surface area contributed by atoms with Gasteiger partial charge in [0, 0.05) is 18.5 Å². The number of pyridine rings is 1. The molecule has 0 radical (unpaired) electrons. The SMILES string of the molecule is O=[N+]([O-])c1ccccc1-c1cccc2c1C(c1ccccc1)(c1ccncc1)c1ccccc1-2. The lowest BCUT2D eigenvalue weighted by Gasteiger charge is -2.35. The first-order valence-electron chi connectivity index (χ1n) is 11.2. The van der Waals surface area contributed by atoms with Crippen LogP contribution in [0.15, 0.2) is 122 Å². The molecule has 0 aliphatic heterocycles. The molecular weight excluding hydrogens is 420 g/mol. The lowest BCUT2D eigenvalue weighted by Crippen LogP contribution is -2.29. The van der Waals surface area contributed by atoms with Gasteiger partial charge in [-0.1, -0.05) is 84.9 Å². The first-order chi connectivity index (χ1) is 16.7. The predicted molar refractivity (Wildman–Crippen MR) is 134 cm³/mol. The third-order valence-electron chi connectivity index (χ3n) is 6.77. The summed E-state index contributed by atoms with van der Waals surface area (Å²) in [6.07, 6.45) is 3.63. The highest BCUT2D eigenvalue weighted by molar-refractivity contribution is 5.93. The number of rotatable bonds is 4. The van der Waals surface area contributed by atoms with Crippen LogP contribution in [-0.4, -0.2) is 9.91 Å². The molecule has 1 aliphatic carbocycles. The minimum atomic E-state index is -0.642. The molecule has 0 fully saturated rings. The fraction of sp³-hybridized carbons (Fsp3) is 0.0333. The van der Waals surface area contributed by atoms with Gasteiger partial charge in [0.1, 0.15) is 0 Å². The summed E-state index contributed by atoms with van der Waals surface area (Å²) in [4.78, 5) is 16.0. The Morgan fingerprint density at radius 3 is 1.88 bits per heavy atom. The van der Waals surface area contributed by atoms with E-state index in [1.807, 2.05) is 60.9 Å². The van der Waals surface area contributed by atoms with Gasteiger partial charge in [-0.2, -0.15) is 0 Å². The smallest absolute Gasteiger partial charge is 0.265 e. The van der Waals surface area contributed by atoms with E-state index in [9.17, 15) is 10.1 Å². The van der Waals surface area contributed by atoms with Crippen LogP contribution in [0.5, 0.6) is 0 Å². The Bertz CT molecular complexity index is 1490. The molecule has 4 nitrogen and oxygen atoms in total. The number of nitro benzene ring substituents is 1. The lowest BCUT2D eigenvalue weighted by atomic mass is 9.66. The maximum atomic E-state index is 12.0. The molecule has 1 heterocycles. The van der Waals surface area contributed by atoms with Gasteiger partial charge in [0.05, 0.1) is 15.9 Å². The van der Waals surface area contributed by atoms with E-state index in [1.54, 1.807) is 12.1 Å². The molecule has 0 saturated carbocycles. The summed E-state index contributed by atoms with van der Waals surface area (Å²) in [5.41, 5.74) is 7.57. The summed E-state index contributed by atoms with van der Waals surface area (Å²) in [5, 5.41) is 12.0. The number of fused-ring (bicyclic) bond motifs is 3. The maximum Gasteiger partial charge on any atom is 0.277 e. The normalized spacial score (nSPS) is 16.0. The minimum absolute atomic E-state index is 0.101. The second-order valence-electron chi connectivity index (χ2n) is 8.40. The molecule has 6 rings (SSSR count). The standard InChI is InChI=1S/C30H20N2O2/c33-32(34)28-16-7-5-12-24(28)26-14-8-13-25-23-11-4-6-15-27(23)30(29(25)26,21-9-2-1-3-10-21)22-17-19-31-20-18-22/h1-20H. The van der Waals surface area contributed by atoms with Crippen LogP contribution in [0, 0.1) is 10.1 Å². The van der Waals surface area contributed by atoms with Crippen molar-refractivity contribution in [3.8, 4) is 22.3 Å². The van der Waals surface area contributed by atoms with E-state index < -0.39 is 5.41 Å². The zero-order valence-electron chi connectivity index (χ0n) is 18.3. The van der Waals surface area contributed by atoms with Crippen molar-refractivity contribution in [1.82, 2.24) is 4.98 Å². The Kier molecular flexibility index (Phi) is 4.59. The van der Waals surface area contributed by atoms with Crippen LogP contribution < -0.4 is 0 Å². The largest absolute Gasteiger partial charge is 0.277 e. The quantitative estimate of drug-likeness (QED) is 0.219. The highest BCUT2D eigenvalue weighted by atomic mass is 16.6. The summed E-state index contributed by atoms with van der Waals surface area (Å²) < 4.78 is 0. The van der Waals surface area contributed by atoms with Crippen LogP contribution in [0.25, 0.3) is 22.3 Å². The zero-order valence-corrected chi connectivity index (χ0v) is 18.3. The molecule has 4 aromatic carbocycles. The zero-order chi connectivity index (χ0) is 23.1. The Hall–Kier alpha value is -4.57. The van der Waals surface area contributed by atoms with Gasteiger partial charge in [-0.15, -0.1) is 0 Å². The van der Waals surface area contributed by atoms with Gasteiger partial charge in [0.15, 0.2) is 0 Å². The molecule has 162 valence electrons. The van der Waals surface area contributed by atoms with Gasteiger partial charge < -0.3 is 0 Å². The van der Waals surface area contributed by atoms with E-state index in [1.165, 1.54) is 0 Å². The van der Waals surface area contributed by atoms with E-state index in [0.29, 0.717) is 5.56 Å². The highest BCUT2D eigenvalue weighted by Gasteiger charge is 2.47. The van der Waals surface area contributed by atoms with E-state index in [2.05, 4.69) is 53.5 Å². The molecule has 1 unspecified atom stereocenters. The number of nitrogens with zero attached hydrogens (tertiary/aromatic N) is 2. The molecule has 1 atom stereocenters. The monoisotopic (exact) mass is 440 g/mol. The van der Waals surface area contributed by atoms with Crippen LogP contribution in [0.3, 0.4) is 0 Å². The number of benzene rings is 4. The van der Waals surface area contributed by atoms with Crippen molar-refractivity contribution in [2.45, 2.75) is 5.41 Å². The fourth-order valence-corrected chi connectivity index (χ4v) is 5.50. The molecule has 0 amide bonds.